The first-order valence-electron chi connectivity index (χ1n) is 7.39. The van der Waals surface area contributed by atoms with Gasteiger partial charge in [0.1, 0.15) is 19.0 Å². The van der Waals surface area contributed by atoms with Crippen LogP contribution in [-0.2, 0) is 4.74 Å². The average molecular weight is 303 g/mol. The number of aromatic nitrogens is 2. The van der Waals surface area contributed by atoms with E-state index in [4.69, 9.17) is 14.2 Å². The second-order valence-electron chi connectivity index (χ2n) is 5.55. The summed E-state index contributed by atoms with van der Waals surface area (Å²) in [5.41, 5.74) is 1.78. The van der Waals surface area contributed by atoms with Crippen LogP contribution in [0, 0.1) is 6.92 Å². The Morgan fingerprint density at radius 2 is 2.18 bits per heavy atom. The molecule has 0 saturated carbocycles. The molecule has 0 radical (unpaired) electrons. The highest BCUT2D eigenvalue weighted by atomic mass is 16.5. The van der Waals surface area contributed by atoms with E-state index in [1.807, 2.05) is 19.1 Å². The SMILES string of the molecule is COc1cc2c(C)ncnc2cc1OCC1CN(C)CCO1. The zero-order chi connectivity index (χ0) is 15.5. The number of nitrogens with zero attached hydrogens (tertiary/aromatic N) is 3. The highest BCUT2D eigenvalue weighted by Gasteiger charge is 2.19. The fourth-order valence-electron chi connectivity index (χ4n) is 2.62. The van der Waals surface area contributed by atoms with Gasteiger partial charge in [0, 0.05) is 30.2 Å². The molecule has 1 saturated heterocycles. The van der Waals surface area contributed by atoms with Gasteiger partial charge in [-0.2, -0.15) is 0 Å². The maximum absolute atomic E-state index is 5.93. The minimum absolute atomic E-state index is 0.0753. The van der Waals surface area contributed by atoms with E-state index in [1.165, 1.54) is 0 Å². The fraction of sp³-hybridized carbons (Fsp3) is 0.500. The van der Waals surface area contributed by atoms with Crippen LogP contribution >= 0.6 is 0 Å². The van der Waals surface area contributed by atoms with Crippen molar-refractivity contribution in [1.82, 2.24) is 14.9 Å². The lowest BCUT2D eigenvalue weighted by molar-refractivity contribution is -0.0406. The summed E-state index contributed by atoms with van der Waals surface area (Å²) in [6, 6.07) is 3.82. The van der Waals surface area contributed by atoms with Gasteiger partial charge in [0.15, 0.2) is 11.5 Å². The van der Waals surface area contributed by atoms with E-state index in [1.54, 1.807) is 13.4 Å². The van der Waals surface area contributed by atoms with Crippen molar-refractivity contribution in [2.75, 3.05) is 40.5 Å². The van der Waals surface area contributed by atoms with Crippen LogP contribution in [-0.4, -0.2) is 61.4 Å². The molecule has 118 valence electrons. The number of morpholine rings is 1. The molecule has 6 heteroatoms. The summed E-state index contributed by atoms with van der Waals surface area (Å²) in [6.45, 7) is 5.03. The smallest absolute Gasteiger partial charge is 0.163 e. The lowest BCUT2D eigenvalue weighted by Gasteiger charge is -2.30. The van der Waals surface area contributed by atoms with E-state index < -0.39 is 0 Å². The van der Waals surface area contributed by atoms with Gasteiger partial charge in [-0.15, -0.1) is 0 Å². The Balaban J connectivity index is 1.80. The molecule has 0 amide bonds. The van der Waals surface area contributed by atoms with Crippen molar-refractivity contribution in [3.05, 3.63) is 24.2 Å². The van der Waals surface area contributed by atoms with E-state index in [-0.39, 0.29) is 6.10 Å². The van der Waals surface area contributed by atoms with Gasteiger partial charge in [-0.25, -0.2) is 9.97 Å². The summed E-state index contributed by atoms with van der Waals surface area (Å²) in [7, 11) is 3.73. The molecule has 22 heavy (non-hydrogen) atoms. The third-order valence-electron chi connectivity index (χ3n) is 3.89. The molecule has 1 aliphatic heterocycles. The van der Waals surface area contributed by atoms with E-state index >= 15 is 0 Å². The van der Waals surface area contributed by atoms with Gasteiger partial charge in [-0.3, -0.25) is 0 Å². The maximum Gasteiger partial charge on any atom is 0.163 e. The average Bonchev–Trinajstić information content (AvgIpc) is 2.52. The molecular weight excluding hydrogens is 282 g/mol. The van der Waals surface area contributed by atoms with Crippen LogP contribution in [0.3, 0.4) is 0 Å². The molecule has 0 N–H and O–H groups in total. The molecule has 1 atom stereocenters. The van der Waals surface area contributed by atoms with Crippen molar-refractivity contribution in [1.29, 1.82) is 0 Å². The van der Waals surface area contributed by atoms with Crippen LogP contribution < -0.4 is 9.47 Å². The van der Waals surface area contributed by atoms with Crippen molar-refractivity contribution in [3.8, 4) is 11.5 Å². The number of fused-ring (bicyclic) bond motifs is 1. The highest BCUT2D eigenvalue weighted by molar-refractivity contribution is 5.84. The summed E-state index contributed by atoms with van der Waals surface area (Å²) in [5.74, 6) is 1.37. The van der Waals surface area contributed by atoms with Crippen molar-refractivity contribution < 1.29 is 14.2 Å². The molecule has 1 fully saturated rings. The van der Waals surface area contributed by atoms with Gasteiger partial charge < -0.3 is 19.1 Å². The third kappa shape index (κ3) is 3.13. The third-order valence-corrected chi connectivity index (χ3v) is 3.89. The second-order valence-corrected chi connectivity index (χ2v) is 5.55. The van der Waals surface area contributed by atoms with Gasteiger partial charge in [-0.1, -0.05) is 0 Å². The molecule has 0 aliphatic carbocycles. The van der Waals surface area contributed by atoms with Crippen LogP contribution in [0.5, 0.6) is 11.5 Å². The number of hydrogen-bond donors (Lipinski definition) is 0. The summed E-state index contributed by atoms with van der Waals surface area (Å²) < 4.78 is 17.1. The maximum atomic E-state index is 5.93. The van der Waals surface area contributed by atoms with Gasteiger partial charge in [0.25, 0.3) is 0 Å². The molecule has 6 nitrogen and oxygen atoms in total. The monoisotopic (exact) mass is 303 g/mol. The van der Waals surface area contributed by atoms with Crippen molar-refractivity contribution in [3.63, 3.8) is 0 Å². The van der Waals surface area contributed by atoms with E-state index in [2.05, 4.69) is 21.9 Å². The molecule has 0 spiro atoms. The molecular formula is C16H21N3O3. The van der Waals surface area contributed by atoms with Gasteiger partial charge in [0.05, 0.1) is 19.2 Å². The van der Waals surface area contributed by atoms with Gasteiger partial charge in [0.2, 0.25) is 0 Å². The number of aryl methyl sites for hydroxylation is 1. The first-order chi connectivity index (χ1) is 10.7. The Bertz CT molecular complexity index is 662. The fourth-order valence-corrected chi connectivity index (χ4v) is 2.62. The normalized spacial score (nSPS) is 19.3. The van der Waals surface area contributed by atoms with E-state index in [0.29, 0.717) is 18.1 Å². The van der Waals surface area contributed by atoms with Crippen molar-refractivity contribution in [2.45, 2.75) is 13.0 Å². The molecule has 3 rings (SSSR count). The number of methoxy groups -OCH3 is 1. The quantitative estimate of drug-likeness (QED) is 0.856. The predicted octanol–water partition coefficient (Wildman–Crippen LogP) is 1.66. The molecule has 1 unspecified atom stereocenters. The summed E-state index contributed by atoms with van der Waals surface area (Å²) >= 11 is 0. The Kier molecular flexibility index (Phi) is 4.40. The predicted molar refractivity (Wildman–Crippen MR) is 83.6 cm³/mol. The number of hydrogen-bond acceptors (Lipinski definition) is 6. The molecule has 2 aromatic rings. The zero-order valence-corrected chi connectivity index (χ0v) is 13.2. The molecule has 1 aromatic heterocycles. The Labute approximate surface area is 130 Å². The minimum atomic E-state index is 0.0753. The lowest BCUT2D eigenvalue weighted by Crippen LogP contribution is -2.42. The number of ether oxygens (including phenoxy) is 3. The van der Waals surface area contributed by atoms with Gasteiger partial charge >= 0.3 is 0 Å². The first-order valence-corrected chi connectivity index (χ1v) is 7.39. The van der Waals surface area contributed by atoms with E-state index in [9.17, 15) is 0 Å². The Morgan fingerprint density at radius 1 is 1.32 bits per heavy atom. The van der Waals surface area contributed by atoms with Crippen LogP contribution in [0.15, 0.2) is 18.5 Å². The molecule has 0 bridgehead atoms. The topological polar surface area (TPSA) is 56.7 Å². The Hall–Kier alpha value is -1.92. The van der Waals surface area contributed by atoms with Crippen LogP contribution in [0.25, 0.3) is 10.9 Å². The minimum Gasteiger partial charge on any atom is -0.493 e. The van der Waals surface area contributed by atoms with Crippen molar-refractivity contribution in [2.24, 2.45) is 0 Å². The molecule has 1 aromatic carbocycles. The standard InChI is InChI=1S/C16H21N3O3/c1-11-13-6-15(20-3)16(7-14(13)18-10-17-11)22-9-12-8-19(2)4-5-21-12/h6-7,10,12H,4-5,8-9H2,1-3H3. The lowest BCUT2D eigenvalue weighted by atomic mass is 10.1. The molecule has 2 heterocycles. The van der Waals surface area contributed by atoms with Crippen LogP contribution in [0.1, 0.15) is 5.69 Å². The number of benzene rings is 1. The zero-order valence-electron chi connectivity index (χ0n) is 13.2. The first kappa shape index (κ1) is 15.0. The van der Waals surface area contributed by atoms with E-state index in [0.717, 1.165) is 36.3 Å². The van der Waals surface area contributed by atoms with Crippen LogP contribution in [0.4, 0.5) is 0 Å². The number of likely N-dealkylation sites (N-methyl/N-ethyl adjacent to an activating group) is 1. The summed E-state index contributed by atoms with van der Waals surface area (Å²) in [6.07, 6.45) is 1.64. The highest BCUT2D eigenvalue weighted by Crippen LogP contribution is 2.32. The second kappa shape index (κ2) is 6.46. The van der Waals surface area contributed by atoms with Crippen molar-refractivity contribution >= 4 is 10.9 Å². The van der Waals surface area contributed by atoms with Gasteiger partial charge in [-0.05, 0) is 20.0 Å². The summed E-state index contributed by atoms with van der Waals surface area (Å²) in [4.78, 5) is 10.7. The largest absolute Gasteiger partial charge is 0.493 e. The molecule has 1 aliphatic rings. The Morgan fingerprint density at radius 3 is 2.95 bits per heavy atom. The summed E-state index contributed by atoms with van der Waals surface area (Å²) in [5, 5.41) is 0.973. The number of rotatable bonds is 4. The van der Waals surface area contributed by atoms with Crippen LogP contribution in [0.2, 0.25) is 0 Å².